The third-order valence-electron chi connectivity index (χ3n) is 3.10. The molecule has 1 fully saturated rings. The molecule has 1 aliphatic rings. The molecule has 1 aliphatic heterocycles. The van der Waals surface area contributed by atoms with Gasteiger partial charge in [-0.2, -0.15) is 11.8 Å². The average Bonchev–Trinajstić information content (AvgIpc) is 2.71. The van der Waals surface area contributed by atoms with Gasteiger partial charge in [0.25, 0.3) is 0 Å². The topological polar surface area (TPSA) is 31.9 Å². The summed E-state index contributed by atoms with van der Waals surface area (Å²) >= 11 is 2.06. The Morgan fingerprint density at radius 2 is 1.94 bits per heavy atom. The lowest BCUT2D eigenvalue weighted by atomic mass is 10.3. The summed E-state index contributed by atoms with van der Waals surface area (Å²) in [5.41, 5.74) is 2.18. The molecule has 2 heterocycles. The fraction of sp³-hybridized carbons (Fsp3) is 0.462. The zero-order valence-electron chi connectivity index (χ0n) is 10.2. The van der Waals surface area contributed by atoms with Gasteiger partial charge in [-0.3, -0.25) is 0 Å². The van der Waals surface area contributed by atoms with E-state index in [0.29, 0.717) is 10.5 Å². The number of hydrogen-bond donors (Lipinski definition) is 1. The van der Waals surface area contributed by atoms with Gasteiger partial charge in [-0.15, -0.1) is 0 Å². The van der Waals surface area contributed by atoms with Crippen LogP contribution in [0.5, 0.6) is 0 Å². The molecule has 17 heavy (non-hydrogen) atoms. The second-order valence-corrected chi connectivity index (χ2v) is 6.62. The van der Waals surface area contributed by atoms with Crippen molar-refractivity contribution in [2.45, 2.75) is 24.3 Å². The minimum absolute atomic E-state index is 0.673. The summed E-state index contributed by atoms with van der Waals surface area (Å²) in [5, 5.41) is 1.35. The van der Waals surface area contributed by atoms with Crippen molar-refractivity contribution >= 4 is 28.7 Å². The second-order valence-electron chi connectivity index (χ2n) is 4.74. The van der Waals surface area contributed by atoms with Crippen LogP contribution in [-0.2, 0) is 0 Å². The Morgan fingerprint density at radius 3 is 2.65 bits per heavy atom. The van der Waals surface area contributed by atoms with Crippen molar-refractivity contribution in [3.63, 3.8) is 0 Å². The predicted molar refractivity (Wildman–Crippen MR) is 74.8 cm³/mol. The normalized spacial score (nSPS) is 25.4. The van der Waals surface area contributed by atoms with Gasteiger partial charge in [-0.1, -0.05) is 26.0 Å². The molecule has 0 bridgehead atoms. The van der Waals surface area contributed by atoms with Crippen LogP contribution in [0.3, 0.4) is 0 Å². The van der Waals surface area contributed by atoms with Crippen LogP contribution in [0.15, 0.2) is 24.3 Å². The van der Waals surface area contributed by atoms with E-state index in [4.69, 9.17) is 0 Å². The highest BCUT2D eigenvalue weighted by Gasteiger charge is 2.24. The van der Waals surface area contributed by atoms with Gasteiger partial charge >= 0.3 is 0 Å². The summed E-state index contributed by atoms with van der Waals surface area (Å²) in [4.78, 5) is 10.4. The van der Waals surface area contributed by atoms with Gasteiger partial charge in [0.1, 0.15) is 0 Å². The third kappa shape index (κ3) is 2.14. The molecule has 1 saturated heterocycles. The Kier molecular flexibility index (Phi) is 2.74. The van der Waals surface area contributed by atoms with Crippen LogP contribution in [0.4, 0.5) is 5.95 Å². The lowest BCUT2D eigenvalue weighted by Crippen LogP contribution is -2.40. The number of hydrogen-bond acceptors (Lipinski definition) is 3. The van der Waals surface area contributed by atoms with E-state index in [1.54, 1.807) is 0 Å². The van der Waals surface area contributed by atoms with Gasteiger partial charge in [-0.25, -0.2) is 4.98 Å². The Hall–Kier alpha value is -1.16. The molecule has 3 rings (SSSR count). The number of rotatable bonds is 1. The van der Waals surface area contributed by atoms with Crippen molar-refractivity contribution in [3.05, 3.63) is 24.3 Å². The van der Waals surface area contributed by atoms with Crippen molar-refractivity contribution < 1.29 is 0 Å². The number of nitrogens with one attached hydrogen (secondary N) is 1. The monoisotopic (exact) mass is 247 g/mol. The lowest BCUT2D eigenvalue weighted by Gasteiger charge is -2.34. The van der Waals surface area contributed by atoms with E-state index < -0.39 is 0 Å². The van der Waals surface area contributed by atoms with Crippen LogP contribution in [0, 0.1) is 0 Å². The predicted octanol–water partition coefficient (Wildman–Crippen LogP) is 2.89. The first-order valence-corrected chi connectivity index (χ1v) is 7.02. The van der Waals surface area contributed by atoms with Crippen molar-refractivity contribution in [1.29, 1.82) is 0 Å². The molecule has 4 heteroatoms. The second kappa shape index (κ2) is 4.26. The van der Waals surface area contributed by atoms with Crippen LogP contribution in [0.2, 0.25) is 0 Å². The zero-order valence-corrected chi connectivity index (χ0v) is 11.0. The molecule has 2 atom stereocenters. The van der Waals surface area contributed by atoms with Gasteiger partial charge in [0.15, 0.2) is 0 Å². The first-order chi connectivity index (χ1) is 8.22. The molecule has 0 amide bonds. The van der Waals surface area contributed by atoms with E-state index in [1.165, 1.54) is 0 Å². The number of anilines is 1. The molecule has 1 aromatic heterocycles. The summed E-state index contributed by atoms with van der Waals surface area (Å²) in [7, 11) is 0. The molecule has 2 aromatic rings. The quantitative estimate of drug-likeness (QED) is 0.841. The maximum Gasteiger partial charge on any atom is 0.203 e. The van der Waals surface area contributed by atoms with E-state index in [0.717, 1.165) is 30.1 Å². The largest absolute Gasteiger partial charge is 0.340 e. The molecule has 3 nitrogen and oxygen atoms in total. The van der Waals surface area contributed by atoms with E-state index in [1.807, 2.05) is 12.1 Å². The molecule has 1 aromatic carbocycles. The third-order valence-corrected chi connectivity index (χ3v) is 4.32. The van der Waals surface area contributed by atoms with Gasteiger partial charge in [-0.05, 0) is 12.1 Å². The summed E-state index contributed by atoms with van der Waals surface area (Å²) in [6.07, 6.45) is 0. The first-order valence-electron chi connectivity index (χ1n) is 6.07. The maximum atomic E-state index is 4.67. The Morgan fingerprint density at radius 1 is 1.24 bits per heavy atom. The van der Waals surface area contributed by atoms with Crippen LogP contribution < -0.4 is 4.90 Å². The Bertz CT molecular complexity index is 479. The Balaban J connectivity index is 1.92. The van der Waals surface area contributed by atoms with Gasteiger partial charge in [0.05, 0.1) is 11.0 Å². The van der Waals surface area contributed by atoms with E-state index in [2.05, 4.69) is 52.6 Å². The van der Waals surface area contributed by atoms with Crippen molar-refractivity contribution in [2.24, 2.45) is 0 Å². The van der Waals surface area contributed by atoms with Crippen LogP contribution in [0.1, 0.15) is 13.8 Å². The number of para-hydroxylation sites is 2. The van der Waals surface area contributed by atoms with Crippen molar-refractivity contribution in [1.82, 2.24) is 9.97 Å². The van der Waals surface area contributed by atoms with E-state index >= 15 is 0 Å². The number of imidazole rings is 1. The minimum atomic E-state index is 0.673. The molecule has 0 radical (unpaired) electrons. The average molecular weight is 247 g/mol. The van der Waals surface area contributed by atoms with E-state index in [-0.39, 0.29) is 0 Å². The minimum Gasteiger partial charge on any atom is -0.340 e. The molecule has 2 unspecified atom stereocenters. The zero-order chi connectivity index (χ0) is 11.8. The molecular weight excluding hydrogens is 230 g/mol. The number of aromatic nitrogens is 2. The SMILES string of the molecule is CC1CN(c2nc3ccccc3[nH]2)CC(C)S1. The lowest BCUT2D eigenvalue weighted by molar-refractivity contribution is 0.712. The standard InChI is InChI=1S/C13H17N3S/c1-9-7-16(8-10(2)17-9)13-14-11-5-3-4-6-12(11)15-13/h3-6,9-10H,7-8H2,1-2H3,(H,14,15). The van der Waals surface area contributed by atoms with Crippen molar-refractivity contribution in [2.75, 3.05) is 18.0 Å². The van der Waals surface area contributed by atoms with E-state index in [9.17, 15) is 0 Å². The summed E-state index contributed by atoms with van der Waals surface area (Å²) in [6, 6.07) is 8.21. The number of aromatic amines is 1. The number of thioether (sulfide) groups is 1. The highest BCUT2D eigenvalue weighted by atomic mass is 32.2. The highest BCUT2D eigenvalue weighted by molar-refractivity contribution is 8.00. The van der Waals surface area contributed by atoms with Crippen molar-refractivity contribution in [3.8, 4) is 0 Å². The smallest absolute Gasteiger partial charge is 0.203 e. The molecule has 1 N–H and O–H groups in total. The number of H-pyrrole nitrogens is 1. The molecule has 90 valence electrons. The number of fused-ring (bicyclic) bond motifs is 1. The van der Waals surface area contributed by atoms with Gasteiger partial charge in [0, 0.05) is 23.6 Å². The summed E-state index contributed by atoms with van der Waals surface area (Å²) in [6.45, 7) is 6.73. The summed E-state index contributed by atoms with van der Waals surface area (Å²) in [5.74, 6) is 1.02. The number of nitrogens with zero attached hydrogens (tertiary/aromatic N) is 2. The fourth-order valence-corrected chi connectivity index (χ4v) is 3.77. The van der Waals surface area contributed by atoms with Crippen LogP contribution >= 0.6 is 11.8 Å². The number of benzene rings is 1. The highest BCUT2D eigenvalue weighted by Crippen LogP contribution is 2.28. The first kappa shape index (κ1) is 11.0. The van der Waals surface area contributed by atoms with Crippen LogP contribution in [0.25, 0.3) is 11.0 Å². The fourth-order valence-electron chi connectivity index (χ4n) is 2.44. The van der Waals surface area contributed by atoms with Crippen LogP contribution in [-0.4, -0.2) is 33.6 Å². The molecular formula is C13H17N3S. The van der Waals surface area contributed by atoms with Gasteiger partial charge in [0.2, 0.25) is 5.95 Å². The van der Waals surface area contributed by atoms with Gasteiger partial charge < -0.3 is 9.88 Å². The molecule has 0 saturated carbocycles. The summed E-state index contributed by atoms with van der Waals surface area (Å²) < 4.78 is 0. The molecule has 0 aliphatic carbocycles. The molecule has 0 spiro atoms. The maximum absolute atomic E-state index is 4.67. The Labute approximate surface area is 106 Å².